The predicted molar refractivity (Wildman–Crippen MR) is 70.7 cm³/mol. The monoisotopic (exact) mass is 272 g/mol. The lowest BCUT2D eigenvalue weighted by molar-refractivity contribution is -0.143. The number of nitrogens with zero attached hydrogens (tertiary/aromatic N) is 1. The molecule has 1 rings (SSSR count). The Morgan fingerprint density at radius 1 is 1.67 bits per heavy atom. The highest BCUT2D eigenvalue weighted by Crippen LogP contribution is 2.18. The fraction of sp³-hybridized carbons (Fsp3) is 0.667. The first-order chi connectivity index (χ1) is 8.67. The minimum atomic E-state index is -0.251. The first kappa shape index (κ1) is 15.0. The molecule has 18 heavy (non-hydrogen) atoms. The van der Waals surface area contributed by atoms with Crippen LogP contribution in [0.5, 0.6) is 0 Å². The summed E-state index contributed by atoms with van der Waals surface area (Å²) in [6, 6.07) is -0.251. The normalized spacial score (nSPS) is 12.4. The molecule has 0 saturated heterocycles. The second-order valence-corrected chi connectivity index (χ2v) is 4.97. The molecule has 0 fully saturated rings. The number of thioether (sulfide) groups is 1. The van der Waals surface area contributed by atoms with Crippen molar-refractivity contribution in [3.8, 4) is 0 Å². The summed E-state index contributed by atoms with van der Waals surface area (Å²) in [6.45, 7) is 4.75. The summed E-state index contributed by atoms with van der Waals surface area (Å²) in [5, 5.41) is 3.82. The van der Waals surface area contributed by atoms with Gasteiger partial charge in [-0.3, -0.25) is 4.79 Å². The Hall–Kier alpha value is -1.01. The molecular formula is C12H20N2O3S. The highest BCUT2D eigenvalue weighted by Gasteiger charge is 2.18. The number of carbonyl (C=O) groups excluding carboxylic acids is 1. The van der Waals surface area contributed by atoms with Crippen LogP contribution in [0.1, 0.15) is 25.5 Å². The van der Waals surface area contributed by atoms with E-state index in [-0.39, 0.29) is 12.0 Å². The van der Waals surface area contributed by atoms with E-state index in [2.05, 4.69) is 17.2 Å². The largest absolute Gasteiger partial charge is 0.468 e. The van der Waals surface area contributed by atoms with Gasteiger partial charge in [0, 0.05) is 5.75 Å². The minimum Gasteiger partial charge on any atom is -0.468 e. The average Bonchev–Trinajstić information content (AvgIpc) is 2.78. The van der Waals surface area contributed by atoms with Crippen LogP contribution in [0.4, 0.5) is 0 Å². The highest BCUT2D eigenvalue weighted by molar-refractivity contribution is 7.99. The molecule has 0 spiro atoms. The third-order valence-corrected chi connectivity index (χ3v) is 3.23. The van der Waals surface area contributed by atoms with Crippen molar-refractivity contribution in [3.05, 3.63) is 12.0 Å². The van der Waals surface area contributed by atoms with Crippen molar-refractivity contribution in [2.45, 2.75) is 38.0 Å². The van der Waals surface area contributed by atoms with Gasteiger partial charge in [0.2, 0.25) is 0 Å². The molecule has 1 N–H and O–H groups in total. The van der Waals surface area contributed by atoms with Crippen LogP contribution in [0, 0.1) is 6.92 Å². The van der Waals surface area contributed by atoms with Crippen molar-refractivity contribution >= 4 is 17.7 Å². The van der Waals surface area contributed by atoms with E-state index in [4.69, 9.17) is 9.15 Å². The Morgan fingerprint density at radius 3 is 3.00 bits per heavy atom. The maximum atomic E-state index is 11.5. The smallest absolute Gasteiger partial charge is 0.322 e. The summed E-state index contributed by atoms with van der Waals surface area (Å²) < 4.78 is 10.00. The number of carbonyl (C=O) groups is 1. The topological polar surface area (TPSA) is 64.4 Å². The number of rotatable bonds is 8. The standard InChI is InChI=1S/C12H20N2O3S/c1-4-6-13-10(11(15)16-3)5-7-18-12-14-9(2)8-17-12/h8,10,13H,4-7H2,1-3H3. The maximum Gasteiger partial charge on any atom is 0.322 e. The fourth-order valence-electron chi connectivity index (χ4n) is 1.43. The molecule has 6 heteroatoms. The molecule has 102 valence electrons. The van der Waals surface area contributed by atoms with E-state index in [0.29, 0.717) is 11.6 Å². The Kier molecular flexibility index (Phi) is 6.82. The second kappa shape index (κ2) is 8.16. The van der Waals surface area contributed by atoms with E-state index in [9.17, 15) is 4.79 Å². The summed E-state index contributed by atoms with van der Waals surface area (Å²) in [6.07, 6.45) is 3.30. The molecule has 0 amide bonds. The summed E-state index contributed by atoms with van der Waals surface area (Å²) in [7, 11) is 1.41. The summed E-state index contributed by atoms with van der Waals surface area (Å²) in [5.41, 5.74) is 0.867. The third-order valence-electron chi connectivity index (χ3n) is 2.36. The van der Waals surface area contributed by atoms with Crippen molar-refractivity contribution in [2.24, 2.45) is 0 Å². The van der Waals surface area contributed by atoms with Gasteiger partial charge >= 0.3 is 5.97 Å². The maximum absolute atomic E-state index is 11.5. The van der Waals surface area contributed by atoms with E-state index in [0.717, 1.165) is 24.4 Å². The minimum absolute atomic E-state index is 0.215. The van der Waals surface area contributed by atoms with Crippen LogP contribution in [0.2, 0.25) is 0 Å². The zero-order valence-corrected chi connectivity index (χ0v) is 11.9. The predicted octanol–water partition coefficient (Wildman–Crippen LogP) is 2.01. The van der Waals surface area contributed by atoms with Gasteiger partial charge < -0.3 is 14.5 Å². The Labute approximate surface area is 112 Å². The van der Waals surface area contributed by atoms with Gasteiger partial charge in [-0.25, -0.2) is 4.98 Å². The fourth-order valence-corrected chi connectivity index (χ4v) is 2.28. The summed E-state index contributed by atoms with van der Waals surface area (Å²) in [5.74, 6) is 0.545. The quantitative estimate of drug-likeness (QED) is 0.577. The number of ether oxygens (including phenoxy) is 1. The molecule has 0 aliphatic carbocycles. The summed E-state index contributed by atoms with van der Waals surface area (Å²) >= 11 is 1.51. The van der Waals surface area contributed by atoms with Crippen LogP contribution in [-0.2, 0) is 9.53 Å². The molecule has 0 aromatic carbocycles. The summed E-state index contributed by atoms with van der Waals surface area (Å²) in [4.78, 5) is 15.7. The number of methoxy groups -OCH3 is 1. The Morgan fingerprint density at radius 2 is 2.44 bits per heavy atom. The van der Waals surface area contributed by atoms with E-state index in [1.165, 1.54) is 18.9 Å². The second-order valence-electron chi connectivity index (χ2n) is 3.92. The molecule has 0 radical (unpaired) electrons. The first-order valence-corrected chi connectivity index (χ1v) is 7.02. The van der Waals surface area contributed by atoms with Gasteiger partial charge in [-0.2, -0.15) is 0 Å². The van der Waals surface area contributed by atoms with E-state index >= 15 is 0 Å². The molecular weight excluding hydrogens is 252 g/mol. The molecule has 5 nitrogen and oxygen atoms in total. The van der Waals surface area contributed by atoms with Crippen LogP contribution in [0.25, 0.3) is 0 Å². The number of hydrogen-bond acceptors (Lipinski definition) is 6. The van der Waals surface area contributed by atoms with Gasteiger partial charge in [-0.15, -0.1) is 0 Å². The third kappa shape index (κ3) is 5.10. The molecule has 0 aliphatic rings. The Balaban J connectivity index is 2.34. The van der Waals surface area contributed by atoms with Crippen LogP contribution >= 0.6 is 11.8 Å². The van der Waals surface area contributed by atoms with Gasteiger partial charge in [-0.05, 0) is 26.3 Å². The molecule has 1 aromatic heterocycles. The van der Waals surface area contributed by atoms with Crippen molar-refractivity contribution < 1.29 is 13.9 Å². The number of aryl methyl sites for hydroxylation is 1. The number of nitrogens with one attached hydrogen (secondary N) is 1. The number of oxazole rings is 1. The Bertz CT molecular complexity index is 368. The lowest BCUT2D eigenvalue weighted by atomic mass is 10.2. The van der Waals surface area contributed by atoms with Crippen molar-refractivity contribution in [2.75, 3.05) is 19.4 Å². The number of aromatic nitrogens is 1. The molecule has 1 heterocycles. The van der Waals surface area contributed by atoms with Gasteiger partial charge in [0.1, 0.15) is 12.3 Å². The average molecular weight is 272 g/mol. The zero-order valence-electron chi connectivity index (χ0n) is 11.1. The van der Waals surface area contributed by atoms with Crippen LogP contribution in [-0.4, -0.2) is 36.4 Å². The van der Waals surface area contributed by atoms with Gasteiger partial charge in [0.25, 0.3) is 5.22 Å². The van der Waals surface area contributed by atoms with Crippen molar-refractivity contribution in [1.29, 1.82) is 0 Å². The van der Waals surface area contributed by atoms with Crippen molar-refractivity contribution in [3.63, 3.8) is 0 Å². The molecule has 1 aromatic rings. The first-order valence-electron chi connectivity index (χ1n) is 6.03. The SMILES string of the molecule is CCCNC(CCSc1nc(C)co1)C(=O)OC. The van der Waals surface area contributed by atoms with Crippen LogP contribution < -0.4 is 5.32 Å². The lowest BCUT2D eigenvalue weighted by Crippen LogP contribution is -2.38. The van der Waals surface area contributed by atoms with Crippen LogP contribution in [0.3, 0.4) is 0 Å². The van der Waals surface area contributed by atoms with E-state index in [1.807, 2.05) is 6.92 Å². The molecule has 1 unspecified atom stereocenters. The number of hydrogen-bond donors (Lipinski definition) is 1. The number of esters is 1. The molecule has 0 saturated carbocycles. The van der Waals surface area contributed by atoms with Gasteiger partial charge in [-0.1, -0.05) is 18.7 Å². The molecule has 0 aliphatic heterocycles. The van der Waals surface area contributed by atoms with Crippen molar-refractivity contribution in [1.82, 2.24) is 10.3 Å². The van der Waals surface area contributed by atoms with Gasteiger partial charge in [0.15, 0.2) is 0 Å². The lowest BCUT2D eigenvalue weighted by Gasteiger charge is -2.15. The molecule has 1 atom stereocenters. The van der Waals surface area contributed by atoms with E-state index < -0.39 is 0 Å². The van der Waals surface area contributed by atoms with Crippen LogP contribution in [0.15, 0.2) is 15.9 Å². The highest BCUT2D eigenvalue weighted by atomic mass is 32.2. The van der Waals surface area contributed by atoms with E-state index in [1.54, 1.807) is 6.26 Å². The van der Waals surface area contributed by atoms with Gasteiger partial charge in [0.05, 0.1) is 12.8 Å². The molecule has 0 bridgehead atoms. The zero-order chi connectivity index (χ0) is 13.4.